The Kier molecular flexibility index (Phi) is 4.01. The topological polar surface area (TPSA) is 52.9 Å². The summed E-state index contributed by atoms with van der Waals surface area (Å²) < 4.78 is 0.728. The molecule has 0 spiro atoms. The van der Waals surface area contributed by atoms with Crippen molar-refractivity contribution in [2.45, 2.75) is 25.8 Å². The van der Waals surface area contributed by atoms with Crippen molar-refractivity contribution < 1.29 is 4.79 Å². The molecule has 0 saturated heterocycles. The molecule has 1 aromatic heterocycles. The smallest absolute Gasteiger partial charge is 0.187 e. The number of thiophene rings is 1. The van der Waals surface area contributed by atoms with Gasteiger partial charge < -0.3 is 5.32 Å². The van der Waals surface area contributed by atoms with Crippen molar-refractivity contribution >= 4 is 34.4 Å². The minimum absolute atomic E-state index is 0.0945. The van der Waals surface area contributed by atoms with Crippen molar-refractivity contribution in [1.82, 2.24) is 5.32 Å². The SMILES string of the molecule is CC1(C)Cc2sc(Cl)cc2/C(=C/C(=O)c2ccc(C#N)cc2)N1. The van der Waals surface area contributed by atoms with Gasteiger partial charge >= 0.3 is 0 Å². The van der Waals surface area contributed by atoms with Crippen LogP contribution >= 0.6 is 22.9 Å². The summed E-state index contributed by atoms with van der Waals surface area (Å²) in [4.78, 5) is 13.7. The van der Waals surface area contributed by atoms with Gasteiger partial charge in [-0.25, -0.2) is 0 Å². The first kappa shape index (κ1) is 15.8. The van der Waals surface area contributed by atoms with Crippen LogP contribution in [0.3, 0.4) is 0 Å². The third-order valence-electron chi connectivity index (χ3n) is 3.72. The molecule has 1 N–H and O–H groups in total. The second-order valence-corrected chi connectivity index (χ2v) is 7.95. The number of nitriles is 1. The highest BCUT2D eigenvalue weighted by Crippen LogP contribution is 2.37. The highest BCUT2D eigenvalue weighted by molar-refractivity contribution is 7.16. The van der Waals surface area contributed by atoms with Crippen LogP contribution in [0.4, 0.5) is 0 Å². The van der Waals surface area contributed by atoms with Gasteiger partial charge in [-0.1, -0.05) is 11.6 Å². The first-order chi connectivity index (χ1) is 10.9. The van der Waals surface area contributed by atoms with Gasteiger partial charge in [-0.15, -0.1) is 11.3 Å². The lowest BCUT2D eigenvalue weighted by atomic mass is 9.91. The lowest BCUT2D eigenvalue weighted by Gasteiger charge is -2.33. The third-order valence-corrected chi connectivity index (χ3v) is 4.98. The van der Waals surface area contributed by atoms with E-state index in [2.05, 4.69) is 19.2 Å². The van der Waals surface area contributed by atoms with E-state index in [0.29, 0.717) is 11.1 Å². The second-order valence-electron chi connectivity index (χ2n) is 6.18. The molecule has 3 nitrogen and oxygen atoms in total. The van der Waals surface area contributed by atoms with E-state index in [0.717, 1.165) is 22.0 Å². The Labute approximate surface area is 144 Å². The Morgan fingerprint density at radius 1 is 1.39 bits per heavy atom. The van der Waals surface area contributed by atoms with Gasteiger partial charge in [0.05, 0.1) is 16.0 Å². The second kappa shape index (κ2) is 5.84. The monoisotopic (exact) mass is 342 g/mol. The molecule has 0 unspecified atom stereocenters. The molecule has 1 aliphatic heterocycles. The van der Waals surface area contributed by atoms with E-state index in [1.807, 2.05) is 12.1 Å². The van der Waals surface area contributed by atoms with E-state index >= 15 is 0 Å². The Bertz CT molecular complexity index is 841. The number of benzene rings is 1. The molecule has 0 saturated carbocycles. The highest BCUT2D eigenvalue weighted by atomic mass is 35.5. The predicted molar refractivity (Wildman–Crippen MR) is 93.7 cm³/mol. The number of carbonyl (C=O) groups excluding carboxylic acids is 1. The lowest BCUT2D eigenvalue weighted by molar-refractivity contribution is 0.104. The Morgan fingerprint density at radius 2 is 2.09 bits per heavy atom. The lowest BCUT2D eigenvalue weighted by Crippen LogP contribution is -2.43. The zero-order valence-electron chi connectivity index (χ0n) is 12.8. The van der Waals surface area contributed by atoms with E-state index in [9.17, 15) is 4.79 Å². The van der Waals surface area contributed by atoms with Crippen LogP contribution in [-0.2, 0) is 6.42 Å². The molecule has 23 heavy (non-hydrogen) atoms. The van der Waals surface area contributed by atoms with Gasteiger partial charge in [0, 0.05) is 39.7 Å². The normalized spacial score (nSPS) is 17.2. The fourth-order valence-electron chi connectivity index (χ4n) is 2.67. The van der Waals surface area contributed by atoms with Crippen LogP contribution in [-0.4, -0.2) is 11.3 Å². The number of ketones is 1. The molecule has 5 heteroatoms. The van der Waals surface area contributed by atoms with Gasteiger partial charge in [0.15, 0.2) is 5.78 Å². The average molecular weight is 343 g/mol. The van der Waals surface area contributed by atoms with E-state index in [-0.39, 0.29) is 11.3 Å². The number of rotatable bonds is 2. The molecular weight excluding hydrogens is 328 g/mol. The van der Waals surface area contributed by atoms with Crippen molar-refractivity contribution in [2.75, 3.05) is 0 Å². The molecule has 0 bridgehead atoms. The molecule has 1 aromatic carbocycles. The average Bonchev–Trinajstić information content (AvgIpc) is 2.86. The molecule has 2 aromatic rings. The maximum absolute atomic E-state index is 12.5. The number of hydrogen-bond donors (Lipinski definition) is 1. The molecule has 3 rings (SSSR count). The van der Waals surface area contributed by atoms with Crippen LogP contribution in [0.5, 0.6) is 0 Å². The predicted octanol–water partition coefficient (Wildman–Crippen LogP) is 4.42. The standard InChI is InChI=1S/C18H15ClN2OS/c1-18(2)9-16-13(7-17(19)23-16)14(21-18)8-15(22)12-5-3-11(10-20)4-6-12/h3-8,21H,9H2,1-2H3/b14-8-. The van der Waals surface area contributed by atoms with Crippen molar-refractivity contribution in [1.29, 1.82) is 5.26 Å². The highest BCUT2D eigenvalue weighted by Gasteiger charge is 2.29. The molecular formula is C18H15ClN2OS. The summed E-state index contributed by atoms with van der Waals surface area (Å²) in [6, 6.07) is 10.6. The number of fused-ring (bicyclic) bond motifs is 1. The number of nitrogens with one attached hydrogen (secondary N) is 1. The van der Waals surface area contributed by atoms with Crippen LogP contribution in [0.15, 0.2) is 36.4 Å². The van der Waals surface area contributed by atoms with E-state index < -0.39 is 0 Å². The van der Waals surface area contributed by atoms with Gasteiger partial charge in [-0.3, -0.25) is 4.79 Å². The van der Waals surface area contributed by atoms with Crippen LogP contribution < -0.4 is 5.32 Å². The molecule has 1 aliphatic rings. The maximum atomic E-state index is 12.5. The molecule has 0 radical (unpaired) electrons. The number of halogens is 1. The van der Waals surface area contributed by atoms with Crippen molar-refractivity contribution in [3.63, 3.8) is 0 Å². The van der Waals surface area contributed by atoms with Crippen LogP contribution in [0.25, 0.3) is 5.70 Å². The van der Waals surface area contributed by atoms with E-state index in [4.69, 9.17) is 16.9 Å². The van der Waals surface area contributed by atoms with Crippen LogP contribution in [0.1, 0.15) is 40.2 Å². The molecule has 0 amide bonds. The van der Waals surface area contributed by atoms with Crippen molar-refractivity contribution in [2.24, 2.45) is 0 Å². The Hall–Kier alpha value is -2.09. The van der Waals surface area contributed by atoms with Crippen LogP contribution in [0, 0.1) is 11.3 Å². The third kappa shape index (κ3) is 3.31. The van der Waals surface area contributed by atoms with Gasteiger partial charge in [0.2, 0.25) is 0 Å². The van der Waals surface area contributed by atoms with Crippen LogP contribution in [0.2, 0.25) is 4.34 Å². The first-order valence-electron chi connectivity index (χ1n) is 7.21. The number of nitrogens with zero attached hydrogens (tertiary/aromatic N) is 1. The fraction of sp³-hybridized carbons (Fsp3) is 0.222. The summed E-state index contributed by atoms with van der Waals surface area (Å²) >= 11 is 7.71. The minimum atomic E-state index is -0.127. The molecule has 116 valence electrons. The number of carbonyl (C=O) groups is 1. The summed E-state index contributed by atoms with van der Waals surface area (Å²) in [5.74, 6) is -0.0945. The summed E-state index contributed by atoms with van der Waals surface area (Å²) in [7, 11) is 0. The summed E-state index contributed by atoms with van der Waals surface area (Å²) in [6.07, 6.45) is 2.49. The quantitative estimate of drug-likeness (QED) is 0.649. The zero-order valence-corrected chi connectivity index (χ0v) is 14.4. The summed E-state index contributed by atoms with van der Waals surface area (Å²) in [5, 5.41) is 12.3. The number of hydrogen-bond acceptors (Lipinski definition) is 4. The van der Waals surface area contributed by atoms with Crippen molar-refractivity contribution in [3.05, 3.63) is 62.3 Å². The summed E-state index contributed by atoms with van der Waals surface area (Å²) in [6.45, 7) is 4.20. The summed E-state index contributed by atoms with van der Waals surface area (Å²) in [5.41, 5.74) is 2.77. The zero-order chi connectivity index (χ0) is 16.6. The van der Waals surface area contributed by atoms with E-state index in [1.54, 1.807) is 41.7 Å². The Balaban J connectivity index is 1.97. The van der Waals surface area contributed by atoms with E-state index in [1.165, 1.54) is 4.88 Å². The molecule has 2 heterocycles. The maximum Gasteiger partial charge on any atom is 0.187 e. The van der Waals surface area contributed by atoms with Crippen molar-refractivity contribution in [3.8, 4) is 6.07 Å². The Morgan fingerprint density at radius 3 is 2.74 bits per heavy atom. The molecule has 0 fully saturated rings. The van der Waals surface area contributed by atoms with Gasteiger partial charge in [-0.05, 0) is 44.2 Å². The first-order valence-corrected chi connectivity index (χ1v) is 8.40. The minimum Gasteiger partial charge on any atom is -0.379 e. The van der Waals surface area contributed by atoms with Gasteiger partial charge in [0.25, 0.3) is 0 Å². The van der Waals surface area contributed by atoms with Gasteiger partial charge in [-0.2, -0.15) is 5.26 Å². The van der Waals surface area contributed by atoms with Gasteiger partial charge in [0.1, 0.15) is 0 Å². The largest absolute Gasteiger partial charge is 0.379 e. The number of allylic oxidation sites excluding steroid dienone is 1. The molecule has 0 atom stereocenters. The molecule has 0 aliphatic carbocycles. The fourth-order valence-corrected chi connectivity index (χ4v) is 4.18.